The molecule has 1 aliphatic rings. The maximum Gasteiger partial charge on any atom is 0.289 e. The molecule has 192 valence electrons. The van der Waals surface area contributed by atoms with E-state index < -0.39 is 5.56 Å². The number of piperazine rings is 1. The first-order valence-corrected chi connectivity index (χ1v) is 11.9. The number of amides is 1. The number of benzene rings is 2. The molecular weight excluding hydrogens is 473 g/mol. The minimum absolute atomic E-state index is 0. The van der Waals surface area contributed by atoms with Gasteiger partial charge in [0.25, 0.3) is 11.5 Å². The van der Waals surface area contributed by atoms with Crippen LogP contribution in [0.1, 0.15) is 35.5 Å². The Hall–Kier alpha value is -4.42. The monoisotopic (exact) mass is 503 g/mol. The van der Waals surface area contributed by atoms with Crippen molar-refractivity contribution in [2.45, 2.75) is 20.4 Å². The fourth-order valence-electron chi connectivity index (χ4n) is 4.44. The Kier molecular flexibility index (Phi) is 8.82. The van der Waals surface area contributed by atoms with E-state index in [9.17, 15) is 19.2 Å². The third-order valence-corrected chi connectivity index (χ3v) is 6.13. The maximum absolute atomic E-state index is 13.4. The van der Waals surface area contributed by atoms with E-state index in [4.69, 9.17) is 4.42 Å². The van der Waals surface area contributed by atoms with Crippen molar-refractivity contribution in [3.05, 3.63) is 100.0 Å². The van der Waals surface area contributed by atoms with Gasteiger partial charge in [0.05, 0.1) is 24.0 Å². The molecule has 4 aromatic rings. The van der Waals surface area contributed by atoms with Crippen molar-refractivity contribution in [1.29, 1.82) is 5.26 Å². The highest BCUT2D eigenvalue weighted by Gasteiger charge is 2.27. The first kappa shape index (κ1) is 27.2. The molecule has 8 nitrogen and oxygen atoms in total. The highest BCUT2D eigenvalue weighted by atomic mass is 19.1. The standard InChI is InChI=1S/C26H21FN4O3.C2H6.H3N/c27-19-9-7-18(8-10-19)17-31-22-5-2-1-4-20(22)24(21(16-28)25(31)32)29-11-13-30(14-12-29)26(33)23-6-3-15-34-23;1-2;/h1-10,15H,11-14,17H2;1-2H3;1H3. The van der Waals surface area contributed by atoms with Crippen molar-refractivity contribution in [3.63, 3.8) is 0 Å². The van der Waals surface area contributed by atoms with E-state index >= 15 is 0 Å². The van der Waals surface area contributed by atoms with Crippen LogP contribution in [0.2, 0.25) is 0 Å². The smallest absolute Gasteiger partial charge is 0.289 e. The van der Waals surface area contributed by atoms with Crippen LogP contribution in [0.5, 0.6) is 0 Å². The number of hydrogen-bond donors (Lipinski definition) is 1. The zero-order chi connectivity index (χ0) is 25.7. The summed E-state index contributed by atoms with van der Waals surface area (Å²) in [7, 11) is 0. The summed E-state index contributed by atoms with van der Waals surface area (Å²) in [6, 6.07) is 18.9. The number of pyridine rings is 1. The molecule has 1 saturated heterocycles. The maximum atomic E-state index is 13.4. The number of halogens is 1. The average Bonchev–Trinajstić information content (AvgIpc) is 3.47. The van der Waals surface area contributed by atoms with Crippen molar-refractivity contribution >= 4 is 22.5 Å². The van der Waals surface area contributed by atoms with Crippen molar-refractivity contribution in [2.24, 2.45) is 0 Å². The first-order valence-electron chi connectivity index (χ1n) is 11.9. The highest BCUT2D eigenvalue weighted by Crippen LogP contribution is 2.30. The van der Waals surface area contributed by atoms with Crippen LogP contribution in [0.25, 0.3) is 10.9 Å². The lowest BCUT2D eigenvalue weighted by atomic mass is 10.1. The zero-order valence-corrected chi connectivity index (χ0v) is 21.0. The van der Waals surface area contributed by atoms with Gasteiger partial charge < -0.3 is 24.9 Å². The Labute approximate surface area is 214 Å². The molecule has 3 heterocycles. The number of aromatic nitrogens is 1. The fraction of sp³-hybridized carbons (Fsp3) is 0.250. The number of carbonyl (C=O) groups excluding carboxylic acids is 1. The van der Waals surface area contributed by atoms with Crippen LogP contribution in [0.15, 0.2) is 76.1 Å². The third-order valence-electron chi connectivity index (χ3n) is 6.13. The van der Waals surface area contributed by atoms with Gasteiger partial charge in [0.1, 0.15) is 17.4 Å². The van der Waals surface area contributed by atoms with Gasteiger partial charge in [0.2, 0.25) is 0 Å². The molecule has 0 unspecified atom stereocenters. The molecule has 9 heteroatoms. The number of rotatable bonds is 4. The van der Waals surface area contributed by atoms with Gasteiger partial charge in [-0.15, -0.1) is 0 Å². The molecule has 1 fully saturated rings. The van der Waals surface area contributed by atoms with Gasteiger partial charge in [-0.25, -0.2) is 4.39 Å². The molecule has 0 aliphatic carbocycles. The molecule has 0 saturated carbocycles. The summed E-state index contributed by atoms with van der Waals surface area (Å²) >= 11 is 0. The normalized spacial score (nSPS) is 12.8. The van der Waals surface area contributed by atoms with Crippen LogP contribution >= 0.6 is 0 Å². The average molecular weight is 504 g/mol. The molecule has 2 aromatic carbocycles. The third kappa shape index (κ3) is 5.39. The Morgan fingerprint density at radius 2 is 1.68 bits per heavy atom. The van der Waals surface area contributed by atoms with Crippen molar-refractivity contribution in [3.8, 4) is 6.07 Å². The van der Waals surface area contributed by atoms with Gasteiger partial charge in [-0.1, -0.05) is 44.2 Å². The number of hydrogen-bond acceptors (Lipinski definition) is 6. The summed E-state index contributed by atoms with van der Waals surface area (Å²) in [4.78, 5) is 29.8. The van der Waals surface area contributed by atoms with Gasteiger partial charge in [-0.3, -0.25) is 9.59 Å². The Morgan fingerprint density at radius 1 is 1.00 bits per heavy atom. The predicted molar refractivity (Wildman–Crippen MR) is 142 cm³/mol. The van der Waals surface area contributed by atoms with Crippen LogP contribution in [0, 0.1) is 17.1 Å². The number of anilines is 1. The molecule has 1 amide bonds. The fourth-order valence-corrected chi connectivity index (χ4v) is 4.44. The molecule has 5 rings (SSSR count). The molecule has 37 heavy (non-hydrogen) atoms. The molecule has 2 aromatic heterocycles. The summed E-state index contributed by atoms with van der Waals surface area (Å²) < 4.78 is 20.1. The molecule has 0 radical (unpaired) electrons. The molecule has 0 bridgehead atoms. The Bertz CT molecular complexity index is 1450. The lowest BCUT2D eigenvalue weighted by molar-refractivity contribution is 0.0715. The Morgan fingerprint density at radius 3 is 2.30 bits per heavy atom. The van der Waals surface area contributed by atoms with Gasteiger partial charge in [0.15, 0.2) is 5.76 Å². The summed E-state index contributed by atoms with van der Waals surface area (Å²) in [5.41, 5.74) is 1.71. The summed E-state index contributed by atoms with van der Waals surface area (Å²) in [5.74, 6) is -0.233. The van der Waals surface area contributed by atoms with E-state index in [0.29, 0.717) is 43.1 Å². The van der Waals surface area contributed by atoms with E-state index in [2.05, 4.69) is 6.07 Å². The summed E-state index contributed by atoms with van der Waals surface area (Å²) in [6.07, 6.45) is 1.47. The number of fused-ring (bicyclic) bond motifs is 1. The second-order valence-corrected chi connectivity index (χ2v) is 8.13. The van der Waals surface area contributed by atoms with Gasteiger partial charge >= 0.3 is 0 Å². The molecule has 0 atom stereocenters. The number of nitriles is 1. The number of nitrogens with zero attached hydrogens (tertiary/aromatic N) is 4. The Balaban J connectivity index is 0.00000124. The van der Waals surface area contributed by atoms with E-state index in [0.717, 1.165) is 10.9 Å². The highest BCUT2D eigenvalue weighted by molar-refractivity contribution is 5.95. The summed E-state index contributed by atoms with van der Waals surface area (Å²) in [6.45, 7) is 6.06. The van der Waals surface area contributed by atoms with Crippen molar-refractivity contribution in [2.75, 3.05) is 31.1 Å². The topological polar surface area (TPSA) is 117 Å². The van der Waals surface area contributed by atoms with E-state index in [1.807, 2.05) is 43.0 Å². The van der Waals surface area contributed by atoms with Crippen LogP contribution in [-0.2, 0) is 6.54 Å². The van der Waals surface area contributed by atoms with Gasteiger partial charge in [0, 0.05) is 31.6 Å². The zero-order valence-electron chi connectivity index (χ0n) is 21.0. The van der Waals surface area contributed by atoms with E-state index in [-0.39, 0.29) is 30.0 Å². The SMILES string of the molecule is CC.N.N#Cc1c(N2CCN(C(=O)c3ccco3)CC2)c2ccccc2n(Cc2ccc(F)cc2)c1=O. The second kappa shape index (κ2) is 12.0. The van der Waals surface area contributed by atoms with E-state index in [1.165, 1.54) is 18.4 Å². The van der Waals surface area contributed by atoms with Crippen LogP contribution in [0.4, 0.5) is 10.1 Å². The van der Waals surface area contributed by atoms with Crippen LogP contribution < -0.4 is 16.6 Å². The minimum Gasteiger partial charge on any atom is -0.459 e. The molecule has 0 spiro atoms. The lowest BCUT2D eigenvalue weighted by Gasteiger charge is -2.36. The predicted octanol–water partition coefficient (Wildman–Crippen LogP) is 4.80. The number of furan rings is 1. The van der Waals surface area contributed by atoms with Crippen molar-refractivity contribution < 1.29 is 13.6 Å². The minimum atomic E-state index is -0.394. The van der Waals surface area contributed by atoms with Crippen LogP contribution in [-0.4, -0.2) is 41.6 Å². The van der Waals surface area contributed by atoms with Gasteiger partial charge in [-0.05, 0) is 35.9 Å². The quantitative estimate of drug-likeness (QED) is 0.427. The number of carbonyl (C=O) groups is 1. The first-order chi connectivity index (χ1) is 17.6. The molecular formula is C28H30FN5O3. The van der Waals surface area contributed by atoms with Crippen molar-refractivity contribution in [1.82, 2.24) is 15.6 Å². The molecule has 1 aliphatic heterocycles. The lowest BCUT2D eigenvalue weighted by Crippen LogP contribution is -2.49. The van der Waals surface area contributed by atoms with Gasteiger partial charge in [-0.2, -0.15) is 5.26 Å². The van der Waals surface area contributed by atoms with E-state index in [1.54, 1.807) is 33.7 Å². The summed E-state index contributed by atoms with van der Waals surface area (Å²) in [5, 5.41) is 10.7. The largest absolute Gasteiger partial charge is 0.459 e. The van der Waals surface area contributed by atoms with Crippen LogP contribution in [0.3, 0.4) is 0 Å². The molecule has 3 N–H and O–H groups in total. The number of para-hydroxylation sites is 1. The second-order valence-electron chi connectivity index (χ2n) is 8.13.